The van der Waals surface area contributed by atoms with E-state index < -0.39 is 6.10 Å². The molecule has 0 amide bonds. The fourth-order valence-corrected chi connectivity index (χ4v) is 3.79. The van der Waals surface area contributed by atoms with Gasteiger partial charge in [-0.25, -0.2) is 4.39 Å². The first-order chi connectivity index (χ1) is 11.2. The Bertz CT molecular complexity index is 605. The maximum Gasteiger partial charge on any atom is 0.123 e. The highest BCUT2D eigenvalue weighted by molar-refractivity contribution is 7.09. The number of nitrogens with zero attached hydrogens (tertiary/aromatic N) is 1. The molecule has 23 heavy (non-hydrogen) atoms. The Labute approximate surface area is 140 Å². The first-order valence-electron chi connectivity index (χ1n) is 8.00. The SMILES string of the molecule is O[C@H](COCc1cccs1)CN1CCC[C@H]1c1cccc(F)c1. The highest BCUT2D eigenvalue weighted by Crippen LogP contribution is 2.32. The van der Waals surface area contributed by atoms with Crippen LogP contribution < -0.4 is 0 Å². The van der Waals surface area contributed by atoms with E-state index >= 15 is 0 Å². The van der Waals surface area contributed by atoms with E-state index in [1.807, 2.05) is 23.6 Å². The van der Waals surface area contributed by atoms with Gasteiger partial charge in [0, 0.05) is 17.5 Å². The molecule has 0 unspecified atom stereocenters. The molecule has 0 spiro atoms. The molecule has 2 atom stereocenters. The molecule has 0 radical (unpaired) electrons. The van der Waals surface area contributed by atoms with Gasteiger partial charge in [-0.1, -0.05) is 18.2 Å². The molecule has 124 valence electrons. The normalized spacial score (nSPS) is 20.0. The molecule has 3 rings (SSSR count). The predicted octanol–water partition coefficient (Wildman–Crippen LogP) is 3.60. The average Bonchev–Trinajstić information content (AvgIpc) is 3.19. The van der Waals surface area contributed by atoms with Crippen LogP contribution in [0.1, 0.15) is 29.3 Å². The van der Waals surface area contributed by atoms with Gasteiger partial charge in [-0.05, 0) is 48.5 Å². The number of rotatable bonds is 7. The second-order valence-corrected chi connectivity index (χ2v) is 6.99. The number of likely N-dealkylation sites (tertiary alicyclic amines) is 1. The van der Waals surface area contributed by atoms with E-state index in [1.165, 1.54) is 6.07 Å². The van der Waals surface area contributed by atoms with Crippen molar-refractivity contribution in [1.82, 2.24) is 4.90 Å². The number of hydrogen-bond donors (Lipinski definition) is 1. The Kier molecular flexibility index (Phi) is 5.78. The van der Waals surface area contributed by atoms with Crippen molar-refractivity contribution in [3.63, 3.8) is 0 Å². The van der Waals surface area contributed by atoms with E-state index in [2.05, 4.69) is 4.90 Å². The van der Waals surface area contributed by atoms with Crippen LogP contribution in [-0.4, -0.2) is 35.8 Å². The summed E-state index contributed by atoms with van der Waals surface area (Å²) < 4.78 is 19.0. The maximum atomic E-state index is 13.4. The quantitative estimate of drug-likeness (QED) is 0.839. The number of benzene rings is 1. The van der Waals surface area contributed by atoms with Crippen LogP contribution in [0, 0.1) is 5.82 Å². The Morgan fingerprint density at radius 1 is 1.35 bits per heavy atom. The predicted molar refractivity (Wildman–Crippen MR) is 89.9 cm³/mol. The fourth-order valence-electron chi connectivity index (χ4n) is 3.15. The third-order valence-corrected chi connectivity index (χ3v) is 5.03. The zero-order valence-electron chi connectivity index (χ0n) is 13.0. The Morgan fingerprint density at radius 2 is 2.26 bits per heavy atom. The van der Waals surface area contributed by atoms with Crippen molar-refractivity contribution in [2.75, 3.05) is 19.7 Å². The lowest BCUT2D eigenvalue weighted by Gasteiger charge is -2.27. The highest BCUT2D eigenvalue weighted by atomic mass is 32.1. The van der Waals surface area contributed by atoms with Gasteiger partial charge in [0.15, 0.2) is 0 Å². The first kappa shape index (κ1) is 16.6. The van der Waals surface area contributed by atoms with Crippen molar-refractivity contribution < 1.29 is 14.2 Å². The summed E-state index contributed by atoms with van der Waals surface area (Å²) in [6, 6.07) is 11.0. The monoisotopic (exact) mass is 335 g/mol. The lowest BCUT2D eigenvalue weighted by atomic mass is 10.0. The summed E-state index contributed by atoms with van der Waals surface area (Å²) in [6.07, 6.45) is 1.56. The molecule has 1 fully saturated rings. The number of β-amino-alcohol motifs (C(OH)–C–C–N with tert-alkyl or cyclic N) is 1. The van der Waals surface area contributed by atoms with Crippen molar-refractivity contribution in [1.29, 1.82) is 0 Å². The lowest BCUT2D eigenvalue weighted by molar-refractivity contribution is 0.00847. The van der Waals surface area contributed by atoms with Crippen molar-refractivity contribution in [3.8, 4) is 0 Å². The van der Waals surface area contributed by atoms with Gasteiger partial charge >= 0.3 is 0 Å². The smallest absolute Gasteiger partial charge is 0.123 e. The minimum atomic E-state index is -0.524. The third kappa shape index (κ3) is 4.61. The number of thiophene rings is 1. The van der Waals surface area contributed by atoms with Crippen LogP contribution >= 0.6 is 11.3 Å². The van der Waals surface area contributed by atoms with Crippen molar-refractivity contribution in [2.24, 2.45) is 0 Å². The van der Waals surface area contributed by atoms with Crippen LogP contribution in [0.15, 0.2) is 41.8 Å². The second-order valence-electron chi connectivity index (χ2n) is 5.96. The van der Waals surface area contributed by atoms with Gasteiger partial charge in [0.25, 0.3) is 0 Å². The molecule has 1 aromatic heterocycles. The summed E-state index contributed by atoms with van der Waals surface area (Å²) in [5.74, 6) is -0.200. The topological polar surface area (TPSA) is 32.7 Å². The van der Waals surface area contributed by atoms with Crippen molar-refractivity contribution in [3.05, 3.63) is 58.0 Å². The summed E-state index contributed by atoms with van der Waals surface area (Å²) in [5.41, 5.74) is 0.995. The number of ether oxygens (including phenoxy) is 1. The van der Waals surface area contributed by atoms with Crippen molar-refractivity contribution in [2.45, 2.75) is 31.6 Å². The molecular weight excluding hydrogens is 313 g/mol. The van der Waals surface area contributed by atoms with Gasteiger partial charge in [-0.15, -0.1) is 11.3 Å². The number of aliphatic hydroxyl groups is 1. The molecule has 1 aliphatic rings. The molecule has 0 bridgehead atoms. The molecule has 0 saturated carbocycles. The zero-order chi connectivity index (χ0) is 16.1. The molecule has 1 N–H and O–H groups in total. The Balaban J connectivity index is 1.49. The number of halogens is 1. The maximum absolute atomic E-state index is 13.4. The van der Waals surface area contributed by atoms with Crippen molar-refractivity contribution >= 4 is 11.3 Å². The number of hydrogen-bond acceptors (Lipinski definition) is 4. The second kappa shape index (κ2) is 8.02. The van der Waals surface area contributed by atoms with Crippen LogP contribution in [-0.2, 0) is 11.3 Å². The van der Waals surface area contributed by atoms with E-state index in [4.69, 9.17) is 4.74 Å². The van der Waals surface area contributed by atoms with Gasteiger partial charge in [0.1, 0.15) is 5.82 Å². The van der Waals surface area contributed by atoms with E-state index in [-0.39, 0.29) is 11.9 Å². The number of aliphatic hydroxyl groups excluding tert-OH is 1. The van der Waals surface area contributed by atoms with Gasteiger partial charge in [0.2, 0.25) is 0 Å². The summed E-state index contributed by atoms with van der Waals surface area (Å²) in [5, 5.41) is 12.2. The largest absolute Gasteiger partial charge is 0.389 e. The summed E-state index contributed by atoms with van der Waals surface area (Å²) in [6.45, 7) is 2.36. The van der Waals surface area contributed by atoms with E-state index in [0.717, 1.165) is 29.8 Å². The van der Waals surface area contributed by atoms with E-state index in [9.17, 15) is 9.50 Å². The molecule has 1 saturated heterocycles. The minimum absolute atomic E-state index is 0.192. The van der Waals surface area contributed by atoms with Crippen LogP contribution in [0.5, 0.6) is 0 Å². The van der Waals surface area contributed by atoms with Crippen LogP contribution in [0.2, 0.25) is 0 Å². The zero-order valence-corrected chi connectivity index (χ0v) is 13.8. The average molecular weight is 335 g/mol. The van der Waals surface area contributed by atoms with Crippen LogP contribution in [0.25, 0.3) is 0 Å². The molecule has 2 heterocycles. The molecule has 5 heteroatoms. The van der Waals surface area contributed by atoms with Gasteiger partial charge in [-0.2, -0.15) is 0 Å². The summed E-state index contributed by atoms with van der Waals surface area (Å²) in [7, 11) is 0. The van der Waals surface area contributed by atoms with E-state index in [1.54, 1.807) is 23.5 Å². The third-order valence-electron chi connectivity index (χ3n) is 4.18. The molecular formula is C18H22FNO2S. The molecule has 3 nitrogen and oxygen atoms in total. The summed E-state index contributed by atoms with van der Waals surface area (Å²) in [4.78, 5) is 3.39. The van der Waals surface area contributed by atoms with Crippen LogP contribution in [0.3, 0.4) is 0 Å². The Morgan fingerprint density at radius 3 is 3.04 bits per heavy atom. The Hall–Kier alpha value is -1.27. The first-order valence-corrected chi connectivity index (χ1v) is 8.88. The molecule has 0 aliphatic carbocycles. The minimum Gasteiger partial charge on any atom is -0.389 e. The molecule has 1 aliphatic heterocycles. The standard InChI is InChI=1S/C18H22FNO2S/c19-15-5-1-4-14(10-15)18-7-2-8-20(18)11-16(21)12-22-13-17-6-3-9-23-17/h1,3-6,9-10,16,18,21H,2,7-8,11-13H2/t16-,18-/m0/s1. The van der Waals surface area contributed by atoms with Gasteiger partial charge in [0.05, 0.1) is 19.3 Å². The summed E-state index contributed by atoms with van der Waals surface area (Å²) >= 11 is 1.65. The molecule has 1 aromatic carbocycles. The highest BCUT2D eigenvalue weighted by Gasteiger charge is 2.27. The molecule has 2 aromatic rings. The van der Waals surface area contributed by atoms with E-state index in [0.29, 0.717) is 19.8 Å². The lowest BCUT2D eigenvalue weighted by Crippen LogP contribution is -2.34. The van der Waals surface area contributed by atoms with Crippen LogP contribution in [0.4, 0.5) is 4.39 Å². The van der Waals surface area contributed by atoms with Gasteiger partial charge in [-0.3, -0.25) is 4.90 Å². The van der Waals surface area contributed by atoms with Gasteiger partial charge < -0.3 is 9.84 Å². The fraction of sp³-hybridized carbons (Fsp3) is 0.444.